The second-order valence-electron chi connectivity index (χ2n) is 3.36. The van der Waals surface area contributed by atoms with E-state index in [-0.39, 0.29) is 5.92 Å². The fraction of sp³-hybridized carbons (Fsp3) is 1.00. The maximum Gasteiger partial charge on any atom is 0.104 e. The van der Waals surface area contributed by atoms with Gasteiger partial charge >= 0.3 is 0 Å². The summed E-state index contributed by atoms with van der Waals surface area (Å²) in [5.74, 6) is 0.243. The van der Waals surface area contributed by atoms with E-state index in [1.54, 1.807) is 0 Å². The monoisotopic (exact) mass is 175 g/mol. The van der Waals surface area contributed by atoms with Crippen molar-refractivity contribution in [2.75, 3.05) is 26.8 Å². The van der Waals surface area contributed by atoms with Crippen LogP contribution in [-0.2, 0) is 4.74 Å². The third-order valence-corrected chi connectivity index (χ3v) is 2.45. The predicted octanol–water partition coefficient (Wildman–Crippen LogP) is 1.36. The number of rotatable bonds is 4. The molecule has 0 aromatic rings. The summed E-state index contributed by atoms with van der Waals surface area (Å²) in [5, 5.41) is 2.97. The smallest absolute Gasteiger partial charge is 0.104 e. The van der Waals surface area contributed by atoms with E-state index < -0.39 is 6.17 Å². The molecule has 1 saturated heterocycles. The molecule has 0 aliphatic carbocycles. The van der Waals surface area contributed by atoms with Crippen LogP contribution in [0, 0.1) is 5.92 Å². The van der Waals surface area contributed by atoms with Crippen molar-refractivity contribution < 1.29 is 9.13 Å². The number of nitrogens with one attached hydrogen (secondary N) is 1. The Morgan fingerprint density at radius 2 is 2.17 bits per heavy atom. The summed E-state index contributed by atoms with van der Waals surface area (Å²) in [6.45, 7) is 2.26. The average molecular weight is 175 g/mol. The zero-order valence-electron chi connectivity index (χ0n) is 7.68. The van der Waals surface area contributed by atoms with E-state index in [0.29, 0.717) is 6.42 Å². The highest BCUT2D eigenvalue weighted by Crippen LogP contribution is 2.22. The van der Waals surface area contributed by atoms with E-state index in [1.165, 1.54) is 0 Å². The summed E-state index contributed by atoms with van der Waals surface area (Å²) < 4.78 is 18.6. The molecule has 0 amide bonds. The van der Waals surface area contributed by atoms with Crippen molar-refractivity contribution in [1.82, 2.24) is 5.32 Å². The quantitative estimate of drug-likeness (QED) is 0.696. The van der Waals surface area contributed by atoms with Gasteiger partial charge in [-0.3, -0.25) is 0 Å². The molecule has 0 aromatic heterocycles. The standard InChI is InChI=1S/C9H18FNO/c1-11-5-2-9(10)8-3-6-12-7-4-8/h8-9,11H,2-7H2,1H3. The van der Waals surface area contributed by atoms with Gasteiger partial charge < -0.3 is 10.1 Å². The first-order chi connectivity index (χ1) is 5.84. The molecule has 2 nitrogen and oxygen atoms in total. The summed E-state index contributed by atoms with van der Waals surface area (Å²) in [6, 6.07) is 0. The highest BCUT2D eigenvalue weighted by Gasteiger charge is 2.22. The zero-order valence-corrected chi connectivity index (χ0v) is 7.68. The highest BCUT2D eigenvalue weighted by atomic mass is 19.1. The second-order valence-corrected chi connectivity index (χ2v) is 3.36. The fourth-order valence-electron chi connectivity index (χ4n) is 1.60. The predicted molar refractivity (Wildman–Crippen MR) is 47.0 cm³/mol. The van der Waals surface area contributed by atoms with Crippen molar-refractivity contribution in [1.29, 1.82) is 0 Å². The van der Waals surface area contributed by atoms with Gasteiger partial charge in [-0.05, 0) is 38.8 Å². The molecule has 1 atom stereocenters. The van der Waals surface area contributed by atoms with Crippen LogP contribution in [0.3, 0.4) is 0 Å². The summed E-state index contributed by atoms with van der Waals surface area (Å²) in [5.41, 5.74) is 0. The molecular weight excluding hydrogens is 157 g/mol. The third-order valence-electron chi connectivity index (χ3n) is 2.45. The van der Waals surface area contributed by atoms with E-state index in [9.17, 15) is 4.39 Å². The fourth-order valence-corrected chi connectivity index (χ4v) is 1.60. The van der Waals surface area contributed by atoms with E-state index >= 15 is 0 Å². The van der Waals surface area contributed by atoms with E-state index in [2.05, 4.69) is 5.32 Å². The van der Waals surface area contributed by atoms with Crippen LogP contribution < -0.4 is 5.32 Å². The summed E-state index contributed by atoms with van der Waals surface area (Å²) >= 11 is 0. The molecule has 3 heteroatoms. The van der Waals surface area contributed by atoms with Crippen molar-refractivity contribution in [2.45, 2.75) is 25.4 Å². The molecule has 0 spiro atoms. The molecule has 1 unspecified atom stereocenters. The first-order valence-corrected chi connectivity index (χ1v) is 4.71. The Bertz CT molecular complexity index is 115. The molecule has 1 N–H and O–H groups in total. The largest absolute Gasteiger partial charge is 0.381 e. The average Bonchev–Trinajstić information content (AvgIpc) is 2.15. The van der Waals surface area contributed by atoms with Gasteiger partial charge in [-0.1, -0.05) is 0 Å². The van der Waals surface area contributed by atoms with Crippen LogP contribution in [0.5, 0.6) is 0 Å². The highest BCUT2D eigenvalue weighted by molar-refractivity contribution is 4.72. The van der Waals surface area contributed by atoms with Crippen LogP contribution in [0.2, 0.25) is 0 Å². The van der Waals surface area contributed by atoms with Gasteiger partial charge in [-0.25, -0.2) is 4.39 Å². The van der Waals surface area contributed by atoms with Crippen molar-refractivity contribution in [3.8, 4) is 0 Å². The zero-order chi connectivity index (χ0) is 8.81. The Morgan fingerprint density at radius 3 is 2.75 bits per heavy atom. The van der Waals surface area contributed by atoms with Gasteiger partial charge in [0, 0.05) is 13.2 Å². The lowest BCUT2D eigenvalue weighted by molar-refractivity contribution is 0.0351. The van der Waals surface area contributed by atoms with Crippen molar-refractivity contribution >= 4 is 0 Å². The molecular formula is C9H18FNO. The summed E-state index contributed by atoms with van der Waals surface area (Å²) in [7, 11) is 1.86. The second kappa shape index (κ2) is 5.49. The molecule has 0 bridgehead atoms. The number of halogens is 1. The van der Waals surface area contributed by atoms with Crippen LogP contribution in [0.4, 0.5) is 4.39 Å². The molecule has 1 aliphatic rings. The van der Waals surface area contributed by atoms with Gasteiger partial charge in [0.15, 0.2) is 0 Å². The minimum Gasteiger partial charge on any atom is -0.381 e. The maximum absolute atomic E-state index is 13.4. The molecule has 1 rings (SSSR count). The Hall–Kier alpha value is -0.150. The number of alkyl halides is 1. The van der Waals surface area contributed by atoms with Crippen molar-refractivity contribution in [2.24, 2.45) is 5.92 Å². The number of hydrogen-bond donors (Lipinski definition) is 1. The third kappa shape index (κ3) is 3.07. The molecule has 0 aromatic carbocycles. The molecule has 1 heterocycles. The Labute approximate surface area is 73.5 Å². The molecule has 1 fully saturated rings. The van der Waals surface area contributed by atoms with Crippen LogP contribution >= 0.6 is 0 Å². The number of ether oxygens (including phenoxy) is 1. The SMILES string of the molecule is CNCCC(F)C1CCOCC1. The van der Waals surface area contributed by atoms with Gasteiger partial charge in [0.1, 0.15) is 6.17 Å². The normalized spacial score (nSPS) is 22.5. The molecule has 0 saturated carbocycles. The van der Waals surface area contributed by atoms with Crippen LogP contribution in [-0.4, -0.2) is 33.0 Å². The van der Waals surface area contributed by atoms with E-state index in [4.69, 9.17) is 4.74 Å². The molecule has 0 radical (unpaired) electrons. The van der Waals surface area contributed by atoms with Crippen molar-refractivity contribution in [3.63, 3.8) is 0 Å². The lowest BCUT2D eigenvalue weighted by atomic mass is 9.93. The van der Waals surface area contributed by atoms with Gasteiger partial charge in [0.2, 0.25) is 0 Å². The van der Waals surface area contributed by atoms with Gasteiger partial charge in [-0.2, -0.15) is 0 Å². The molecule has 1 aliphatic heterocycles. The first kappa shape index (κ1) is 9.93. The minimum absolute atomic E-state index is 0.243. The number of hydrogen-bond acceptors (Lipinski definition) is 2. The van der Waals surface area contributed by atoms with Crippen LogP contribution in [0.1, 0.15) is 19.3 Å². The van der Waals surface area contributed by atoms with Gasteiger partial charge in [0.05, 0.1) is 0 Å². The topological polar surface area (TPSA) is 21.3 Å². The minimum atomic E-state index is -0.638. The van der Waals surface area contributed by atoms with E-state index in [0.717, 1.165) is 32.6 Å². The Kier molecular flexibility index (Phi) is 4.54. The lowest BCUT2D eigenvalue weighted by Gasteiger charge is -2.25. The van der Waals surface area contributed by atoms with Crippen molar-refractivity contribution in [3.05, 3.63) is 0 Å². The van der Waals surface area contributed by atoms with Crippen LogP contribution in [0.25, 0.3) is 0 Å². The Morgan fingerprint density at radius 1 is 1.50 bits per heavy atom. The molecule has 12 heavy (non-hydrogen) atoms. The van der Waals surface area contributed by atoms with Crippen LogP contribution in [0.15, 0.2) is 0 Å². The summed E-state index contributed by atoms with van der Waals surface area (Å²) in [4.78, 5) is 0. The van der Waals surface area contributed by atoms with Gasteiger partial charge in [0.25, 0.3) is 0 Å². The maximum atomic E-state index is 13.4. The van der Waals surface area contributed by atoms with E-state index in [1.807, 2.05) is 7.05 Å². The lowest BCUT2D eigenvalue weighted by Crippen LogP contribution is -2.26. The summed E-state index contributed by atoms with van der Waals surface area (Å²) in [6.07, 6.45) is 1.79. The Balaban J connectivity index is 2.15. The first-order valence-electron chi connectivity index (χ1n) is 4.71. The molecule has 72 valence electrons. The van der Waals surface area contributed by atoms with Gasteiger partial charge in [-0.15, -0.1) is 0 Å².